The van der Waals surface area contributed by atoms with E-state index in [0.717, 1.165) is 16.7 Å². The van der Waals surface area contributed by atoms with Crippen molar-refractivity contribution < 1.29 is 0 Å². The maximum Gasteiger partial charge on any atom is 0.0556 e. The quantitative estimate of drug-likeness (QED) is 0.803. The second kappa shape index (κ2) is 4.65. The molecule has 2 aromatic rings. The van der Waals surface area contributed by atoms with E-state index in [1.165, 1.54) is 29.8 Å². The van der Waals surface area contributed by atoms with Gasteiger partial charge in [0.15, 0.2) is 0 Å². The van der Waals surface area contributed by atoms with Crippen LogP contribution in [0, 0.1) is 0 Å². The van der Waals surface area contributed by atoms with Crippen LogP contribution in [0.2, 0.25) is 0 Å². The Labute approximate surface area is 116 Å². The molecule has 0 saturated heterocycles. The summed E-state index contributed by atoms with van der Waals surface area (Å²) in [6, 6.07) is 14.6. The molecule has 0 atom stereocenters. The molecule has 0 saturated carbocycles. The number of nitrogens with zero attached hydrogens (tertiary/aromatic N) is 1. The maximum absolute atomic E-state index is 5.80. The molecule has 3 rings (SSSR count). The molecule has 2 aromatic carbocycles. The zero-order chi connectivity index (χ0) is 12.5. The lowest BCUT2D eigenvalue weighted by molar-refractivity contribution is 0.766. The molecule has 0 fully saturated rings. The first-order valence-electron chi connectivity index (χ1n) is 6.16. The summed E-state index contributed by atoms with van der Waals surface area (Å²) >= 11 is 3.61. The first-order valence-corrected chi connectivity index (χ1v) is 6.95. The molecule has 1 aliphatic heterocycles. The molecule has 1 heterocycles. The van der Waals surface area contributed by atoms with Crippen LogP contribution in [-0.4, -0.2) is 6.54 Å². The predicted molar refractivity (Wildman–Crippen MR) is 80.3 cm³/mol. The van der Waals surface area contributed by atoms with E-state index in [9.17, 15) is 0 Å². The van der Waals surface area contributed by atoms with Gasteiger partial charge in [-0.2, -0.15) is 0 Å². The highest BCUT2D eigenvalue weighted by Crippen LogP contribution is 2.37. The zero-order valence-corrected chi connectivity index (χ0v) is 11.7. The van der Waals surface area contributed by atoms with Crippen LogP contribution >= 0.6 is 15.9 Å². The van der Waals surface area contributed by atoms with Crippen LogP contribution in [0.1, 0.15) is 12.0 Å². The summed E-state index contributed by atoms with van der Waals surface area (Å²) in [5.41, 5.74) is 10.5. The van der Waals surface area contributed by atoms with Crippen molar-refractivity contribution in [3.8, 4) is 0 Å². The lowest BCUT2D eigenvalue weighted by atomic mass is 10.0. The van der Waals surface area contributed by atoms with Crippen LogP contribution in [0.3, 0.4) is 0 Å². The Bertz CT molecular complexity index is 580. The Kier molecular flexibility index (Phi) is 3.00. The Morgan fingerprint density at radius 3 is 2.72 bits per heavy atom. The molecule has 0 bridgehead atoms. The first kappa shape index (κ1) is 11.6. The second-order valence-electron chi connectivity index (χ2n) is 4.59. The van der Waals surface area contributed by atoms with Gasteiger partial charge in [-0.15, -0.1) is 0 Å². The summed E-state index contributed by atoms with van der Waals surface area (Å²) in [5, 5.41) is 0. The van der Waals surface area contributed by atoms with Crippen LogP contribution < -0.4 is 10.6 Å². The van der Waals surface area contributed by atoms with Gasteiger partial charge in [0.1, 0.15) is 0 Å². The molecule has 0 aromatic heterocycles. The van der Waals surface area contributed by atoms with Gasteiger partial charge in [-0.05, 0) is 58.6 Å². The highest BCUT2D eigenvalue weighted by Gasteiger charge is 2.19. The van der Waals surface area contributed by atoms with E-state index >= 15 is 0 Å². The van der Waals surface area contributed by atoms with Crippen molar-refractivity contribution >= 4 is 33.0 Å². The average Bonchev–Trinajstić information content (AvgIpc) is 2.38. The van der Waals surface area contributed by atoms with Crippen molar-refractivity contribution in [3.05, 3.63) is 52.5 Å². The van der Waals surface area contributed by atoms with Gasteiger partial charge in [0.05, 0.1) is 5.69 Å². The molecule has 0 radical (unpaired) electrons. The minimum absolute atomic E-state index is 0.788. The molecule has 0 spiro atoms. The number of fused-ring (bicyclic) bond motifs is 1. The molecule has 0 aliphatic carbocycles. The van der Waals surface area contributed by atoms with Crippen molar-refractivity contribution in [2.24, 2.45) is 0 Å². The largest absolute Gasteiger partial charge is 0.399 e. The summed E-state index contributed by atoms with van der Waals surface area (Å²) < 4.78 is 1.05. The maximum atomic E-state index is 5.80. The summed E-state index contributed by atoms with van der Waals surface area (Å²) in [4.78, 5) is 2.36. The monoisotopic (exact) mass is 302 g/mol. The second-order valence-corrected chi connectivity index (χ2v) is 5.45. The highest BCUT2D eigenvalue weighted by atomic mass is 79.9. The Balaban J connectivity index is 2.08. The van der Waals surface area contributed by atoms with E-state index < -0.39 is 0 Å². The molecule has 0 amide bonds. The first-order chi connectivity index (χ1) is 8.75. The van der Waals surface area contributed by atoms with Crippen LogP contribution in [0.15, 0.2) is 46.9 Å². The number of halogens is 1. The average molecular weight is 303 g/mol. The summed E-state index contributed by atoms with van der Waals surface area (Å²) in [7, 11) is 0. The third-order valence-electron chi connectivity index (χ3n) is 3.37. The normalized spacial score (nSPS) is 14.4. The van der Waals surface area contributed by atoms with Gasteiger partial charge in [-0.1, -0.05) is 18.2 Å². The van der Waals surface area contributed by atoms with Crippen LogP contribution in [0.5, 0.6) is 0 Å². The number of aryl methyl sites for hydroxylation is 1. The Hall–Kier alpha value is -1.48. The molecular formula is C15H15BrN2. The summed E-state index contributed by atoms with van der Waals surface area (Å²) in [6.45, 7) is 1.06. The third-order valence-corrected chi connectivity index (χ3v) is 4.01. The number of para-hydroxylation sites is 1. The number of hydrogen-bond donors (Lipinski definition) is 1. The number of rotatable bonds is 1. The number of nitrogen functional groups attached to an aromatic ring is 1. The molecule has 2 N–H and O–H groups in total. The standard InChI is InChI=1S/C15H15BrN2/c16-13-10-12(17)7-8-15(13)18-9-3-5-11-4-1-2-6-14(11)18/h1-2,4,6-8,10H,3,5,9,17H2. The van der Waals surface area contributed by atoms with E-state index in [2.05, 4.69) is 51.2 Å². The van der Waals surface area contributed by atoms with E-state index in [1.54, 1.807) is 0 Å². The molecule has 18 heavy (non-hydrogen) atoms. The van der Waals surface area contributed by atoms with E-state index in [1.807, 2.05) is 12.1 Å². The van der Waals surface area contributed by atoms with Gasteiger partial charge in [0, 0.05) is 22.4 Å². The van der Waals surface area contributed by atoms with E-state index in [4.69, 9.17) is 5.73 Å². The lowest BCUT2D eigenvalue weighted by Gasteiger charge is -2.32. The summed E-state index contributed by atoms with van der Waals surface area (Å²) in [6.07, 6.45) is 2.35. The van der Waals surface area contributed by atoms with Gasteiger partial charge in [0.2, 0.25) is 0 Å². The number of hydrogen-bond acceptors (Lipinski definition) is 2. The van der Waals surface area contributed by atoms with Crippen LogP contribution in [0.25, 0.3) is 0 Å². The minimum Gasteiger partial charge on any atom is -0.399 e. The van der Waals surface area contributed by atoms with Crippen molar-refractivity contribution in [2.45, 2.75) is 12.8 Å². The van der Waals surface area contributed by atoms with Crippen molar-refractivity contribution in [2.75, 3.05) is 17.2 Å². The van der Waals surface area contributed by atoms with Crippen molar-refractivity contribution in [1.82, 2.24) is 0 Å². The molecule has 1 aliphatic rings. The SMILES string of the molecule is Nc1ccc(N2CCCc3ccccc32)c(Br)c1. The number of anilines is 3. The van der Waals surface area contributed by atoms with Crippen molar-refractivity contribution in [3.63, 3.8) is 0 Å². The molecular weight excluding hydrogens is 288 g/mol. The summed E-state index contributed by atoms with van der Waals surface area (Å²) in [5.74, 6) is 0. The molecule has 92 valence electrons. The van der Waals surface area contributed by atoms with E-state index in [-0.39, 0.29) is 0 Å². The fraction of sp³-hybridized carbons (Fsp3) is 0.200. The fourth-order valence-corrected chi connectivity index (χ4v) is 3.14. The minimum atomic E-state index is 0.788. The van der Waals surface area contributed by atoms with Crippen molar-refractivity contribution in [1.29, 1.82) is 0 Å². The molecule has 0 unspecified atom stereocenters. The smallest absolute Gasteiger partial charge is 0.0556 e. The number of benzene rings is 2. The lowest BCUT2D eigenvalue weighted by Crippen LogP contribution is -2.24. The molecule has 2 nitrogen and oxygen atoms in total. The Morgan fingerprint density at radius 2 is 1.89 bits per heavy atom. The molecule has 3 heteroatoms. The number of nitrogens with two attached hydrogens (primary N) is 1. The topological polar surface area (TPSA) is 29.3 Å². The zero-order valence-electron chi connectivity index (χ0n) is 10.1. The van der Waals surface area contributed by atoms with Crippen LogP contribution in [-0.2, 0) is 6.42 Å². The van der Waals surface area contributed by atoms with E-state index in [0.29, 0.717) is 0 Å². The van der Waals surface area contributed by atoms with Gasteiger partial charge >= 0.3 is 0 Å². The predicted octanol–water partition coefficient (Wildman–Crippen LogP) is 4.12. The van der Waals surface area contributed by atoms with Crippen LogP contribution in [0.4, 0.5) is 17.1 Å². The van der Waals surface area contributed by atoms with Gasteiger partial charge in [-0.25, -0.2) is 0 Å². The van der Waals surface area contributed by atoms with Gasteiger partial charge in [-0.3, -0.25) is 0 Å². The third kappa shape index (κ3) is 1.99. The highest BCUT2D eigenvalue weighted by molar-refractivity contribution is 9.10. The Morgan fingerprint density at radius 1 is 1.06 bits per heavy atom. The fourth-order valence-electron chi connectivity index (χ4n) is 2.53. The van der Waals surface area contributed by atoms with Gasteiger partial charge < -0.3 is 10.6 Å². The van der Waals surface area contributed by atoms with Gasteiger partial charge in [0.25, 0.3) is 0 Å².